The first kappa shape index (κ1) is 10.8. The molecule has 18 heavy (non-hydrogen) atoms. The molecule has 1 aliphatic rings. The van der Waals surface area contributed by atoms with E-state index in [9.17, 15) is 4.79 Å². The lowest BCUT2D eigenvalue weighted by Crippen LogP contribution is -2.32. The molecule has 3 rings (SSSR count). The number of hydrogen-bond acceptors (Lipinski definition) is 4. The Hall–Kier alpha value is -2.37. The van der Waals surface area contributed by atoms with Gasteiger partial charge < -0.3 is 4.74 Å². The zero-order valence-electron chi connectivity index (χ0n) is 9.59. The van der Waals surface area contributed by atoms with E-state index >= 15 is 0 Å². The van der Waals surface area contributed by atoms with Gasteiger partial charge in [0, 0.05) is 0 Å². The van der Waals surface area contributed by atoms with Crippen LogP contribution in [0.2, 0.25) is 0 Å². The third-order valence-corrected chi connectivity index (χ3v) is 2.91. The van der Waals surface area contributed by atoms with Crippen LogP contribution in [0.5, 0.6) is 5.75 Å². The number of para-hydroxylation sites is 1. The van der Waals surface area contributed by atoms with Crippen molar-refractivity contribution in [2.75, 3.05) is 11.9 Å². The van der Waals surface area contributed by atoms with Gasteiger partial charge in [0.15, 0.2) is 0 Å². The summed E-state index contributed by atoms with van der Waals surface area (Å²) < 4.78 is 5.57. The molecular formula is C12H12N4O2. The van der Waals surface area contributed by atoms with Crippen molar-refractivity contribution in [3.05, 3.63) is 36.2 Å². The lowest BCUT2D eigenvalue weighted by Gasteiger charge is -2.23. The van der Waals surface area contributed by atoms with Crippen molar-refractivity contribution < 1.29 is 9.53 Å². The second-order valence-electron chi connectivity index (χ2n) is 4.14. The molecule has 0 radical (unpaired) electrons. The molecule has 6 heteroatoms. The molecule has 0 fully saturated rings. The van der Waals surface area contributed by atoms with Gasteiger partial charge in [-0.25, -0.2) is 5.10 Å². The summed E-state index contributed by atoms with van der Waals surface area (Å²) in [5.41, 5.74) is 1.06. The first-order chi connectivity index (χ1) is 8.83. The minimum Gasteiger partial charge on any atom is -0.492 e. The highest BCUT2D eigenvalue weighted by atomic mass is 16.5. The molecular weight excluding hydrogens is 232 g/mol. The first-order valence-electron chi connectivity index (χ1n) is 5.70. The Balaban J connectivity index is 1.70. The molecule has 1 amide bonds. The SMILES string of the molecule is O=C(Nc1ncn[nH]1)C1COc2ccccc2C1. The zero-order chi connectivity index (χ0) is 12.4. The van der Waals surface area contributed by atoms with Gasteiger partial charge in [0.25, 0.3) is 0 Å². The van der Waals surface area contributed by atoms with Crippen molar-refractivity contribution in [2.45, 2.75) is 6.42 Å². The van der Waals surface area contributed by atoms with Crippen LogP contribution < -0.4 is 10.1 Å². The molecule has 6 nitrogen and oxygen atoms in total. The molecule has 1 atom stereocenters. The number of amides is 1. The van der Waals surface area contributed by atoms with Crippen LogP contribution in [0.3, 0.4) is 0 Å². The predicted molar refractivity (Wildman–Crippen MR) is 64.1 cm³/mol. The second-order valence-corrected chi connectivity index (χ2v) is 4.14. The van der Waals surface area contributed by atoms with Crippen molar-refractivity contribution in [1.82, 2.24) is 15.2 Å². The molecule has 1 aliphatic heterocycles. The molecule has 92 valence electrons. The van der Waals surface area contributed by atoms with E-state index in [1.165, 1.54) is 6.33 Å². The zero-order valence-corrected chi connectivity index (χ0v) is 9.59. The van der Waals surface area contributed by atoms with Crippen molar-refractivity contribution in [3.63, 3.8) is 0 Å². The van der Waals surface area contributed by atoms with Gasteiger partial charge in [0.05, 0.1) is 5.92 Å². The number of anilines is 1. The van der Waals surface area contributed by atoms with Gasteiger partial charge in [-0.2, -0.15) is 10.1 Å². The van der Waals surface area contributed by atoms with Gasteiger partial charge in [-0.15, -0.1) is 0 Å². The van der Waals surface area contributed by atoms with E-state index < -0.39 is 0 Å². The average Bonchev–Trinajstić information content (AvgIpc) is 2.91. The van der Waals surface area contributed by atoms with E-state index in [1.54, 1.807) is 0 Å². The number of rotatable bonds is 2. The van der Waals surface area contributed by atoms with Crippen LogP contribution in [0.1, 0.15) is 5.56 Å². The number of fused-ring (bicyclic) bond motifs is 1. The van der Waals surface area contributed by atoms with Gasteiger partial charge in [-0.1, -0.05) is 18.2 Å². The number of aromatic nitrogens is 3. The van der Waals surface area contributed by atoms with Crippen molar-refractivity contribution in [1.29, 1.82) is 0 Å². The van der Waals surface area contributed by atoms with Gasteiger partial charge >= 0.3 is 0 Å². The molecule has 2 heterocycles. The topological polar surface area (TPSA) is 79.9 Å². The lowest BCUT2D eigenvalue weighted by molar-refractivity contribution is -0.121. The van der Waals surface area contributed by atoms with Crippen molar-refractivity contribution in [2.24, 2.45) is 5.92 Å². The highest BCUT2D eigenvalue weighted by molar-refractivity contribution is 5.91. The largest absolute Gasteiger partial charge is 0.492 e. The molecule has 0 saturated carbocycles. The van der Waals surface area contributed by atoms with Crippen molar-refractivity contribution >= 4 is 11.9 Å². The van der Waals surface area contributed by atoms with E-state index in [0.29, 0.717) is 19.0 Å². The molecule has 0 aliphatic carbocycles. The van der Waals surface area contributed by atoms with Crippen LogP contribution in [0.15, 0.2) is 30.6 Å². The fraction of sp³-hybridized carbons (Fsp3) is 0.250. The van der Waals surface area contributed by atoms with Gasteiger partial charge in [0.2, 0.25) is 11.9 Å². The molecule has 1 aromatic heterocycles. The Labute approximate surface area is 103 Å². The van der Waals surface area contributed by atoms with Crippen molar-refractivity contribution in [3.8, 4) is 5.75 Å². The van der Waals surface area contributed by atoms with E-state index in [-0.39, 0.29) is 11.8 Å². The summed E-state index contributed by atoms with van der Waals surface area (Å²) in [6.45, 7) is 0.386. The van der Waals surface area contributed by atoms with Gasteiger partial charge in [-0.3, -0.25) is 10.1 Å². The minimum absolute atomic E-state index is 0.110. The standard InChI is InChI=1S/C12H12N4O2/c17-11(15-12-13-7-14-16-12)9-5-8-3-1-2-4-10(8)18-6-9/h1-4,7,9H,5-6H2,(H2,13,14,15,16,17). The number of aromatic amines is 1. The summed E-state index contributed by atoms with van der Waals surface area (Å²) in [6.07, 6.45) is 2.03. The summed E-state index contributed by atoms with van der Waals surface area (Å²) in [5, 5.41) is 8.94. The Morgan fingerprint density at radius 2 is 2.33 bits per heavy atom. The summed E-state index contributed by atoms with van der Waals surface area (Å²) in [6, 6.07) is 7.76. The van der Waals surface area contributed by atoms with Gasteiger partial charge in [0.1, 0.15) is 18.7 Å². The summed E-state index contributed by atoms with van der Waals surface area (Å²) in [7, 11) is 0. The van der Waals surface area contributed by atoms with Crippen LogP contribution in [0.4, 0.5) is 5.95 Å². The maximum Gasteiger partial charge on any atom is 0.233 e. The maximum absolute atomic E-state index is 12.0. The number of benzene rings is 1. The predicted octanol–water partition coefficient (Wildman–Crippen LogP) is 0.994. The van der Waals surface area contributed by atoms with Gasteiger partial charge in [-0.05, 0) is 18.1 Å². The lowest BCUT2D eigenvalue weighted by atomic mass is 9.96. The Morgan fingerprint density at radius 1 is 1.44 bits per heavy atom. The number of hydrogen-bond donors (Lipinski definition) is 2. The van der Waals surface area contributed by atoms with Crippen LogP contribution in [0, 0.1) is 5.92 Å². The smallest absolute Gasteiger partial charge is 0.233 e. The molecule has 0 spiro atoms. The second kappa shape index (κ2) is 4.48. The number of ether oxygens (including phenoxy) is 1. The average molecular weight is 244 g/mol. The van der Waals surface area contributed by atoms with Crippen LogP contribution in [-0.4, -0.2) is 27.7 Å². The van der Waals surface area contributed by atoms with Crippen LogP contribution in [-0.2, 0) is 11.2 Å². The maximum atomic E-state index is 12.0. The molecule has 2 aromatic rings. The summed E-state index contributed by atoms with van der Waals surface area (Å²) >= 11 is 0. The molecule has 0 saturated heterocycles. The number of H-pyrrole nitrogens is 1. The fourth-order valence-corrected chi connectivity index (χ4v) is 1.98. The monoisotopic (exact) mass is 244 g/mol. The highest BCUT2D eigenvalue weighted by Gasteiger charge is 2.26. The number of carbonyl (C=O) groups is 1. The van der Waals surface area contributed by atoms with E-state index in [0.717, 1.165) is 11.3 Å². The summed E-state index contributed by atoms with van der Waals surface area (Å²) in [5.74, 6) is 0.909. The van der Waals surface area contributed by atoms with E-state index in [1.807, 2.05) is 24.3 Å². The fourth-order valence-electron chi connectivity index (χ4n) is 1.98. The van der Waals surface area contributed by atoms with Crippen LogP contribution >= 0.6 is 0 Å². The number of nitrogens with one attached hydrogen (secondary N) is 2. The minimum atomic E-state index is -0.204. The molecule has 1 unspecified atom stereocenters. The number of nitrogens with zero attached hydrogens (tertiary/aromatic N) is 2. The third kappa shape index (κ3) is 2.04. The van der Waals surface area contributed by atoms with E-state index in [4.69, 9.17) is 4.74 Å². The highest BCUT2D eigenvalue weighted by Crippen LogP contribution is 2.27. The molecule has 0 bridgehead atoms. The molecule has 1 aromatic carbocycles. The number of carbonyl (C=O) groups excluding carboxylic acids is 1. The first-order valence-corrected chi connectivity index (χ1v) is 5.70. The third-order valence-electron chi connectivity index (χ3n) is 2.91. The molecule has 2 N–H and O–H groups in total. The quantitative estimate of drug-likeness (QED) is 0.825. The summed E-state index contributed by atoms with van der Waals surface area (Å²) in [4.78, 5) is 15.9. The van der Waals surface area contributed by atoms with Crippen LogP contribution in [0.25, 0.3) is 0 Å². The Bertz CT molecular complexity index is 553. The Morgan fingerprint density at radius 3 is 3.17 bits per heavy atom. The van der Waals surface area contributed by atoms with E-state index in [2.05, 4.69) is 20.5 Å². The Kier molecular flexibility index (Phi) is 2.68. The normalized spacial score (nSPS) is 17.7.